The smallest absolute Gasteiger partial charge is 0.0766 e. The molecule has 3 N–H and O–H groups in total. The third-order valence-corrected chi connectivity index (χ3v) is 5.70. The standard InChI is InChI=1S/C15H20N2S2/c16-11-5-7-12(8-6-11)17-15(13-3-1-9-18-13)14-4-2-10-19-14/h1-4,9-12,15,17H,5-8,16H2. The Morgan fingerprint density at radius 3 is 2.05 bits per heavy atom. The summed E-state index contributed by atoms with van der Waals surface area (Å²) in [6.45, 7) is 0. The largest absolute Gasteiger partial charge is 0.328 e. The van der Waals surface area contributed by atoms with Crippen LogP contribution in [0.4, 0.5) is 0 Å². The van der Waals surface area contributed by atoms with Crippen molar-refractivity contribution in [3.63, 3.8) is 0 Å². The molecule has 2 nitrogen and oxygen atoms in total. The first kappa shape index (κ1) is 13.3. The average molecular weight is 292 g/mol. The van der Waals surface area contributed by atoms with Gasteiger partial charge in [-0.05, 0) is 48.6 Å². The van der Waals surface area contributed by atoms with Crippen molar-refractivity contribution in [1.29, 1.82) is 0 Å². The summed E-state index contributed by atoms with van der Waals surface area (Å²) < 4.78 is 0. The van der Waals surface area contributed by atoms with E-state index in [9.17, 15) is 0 Å². The molecule has 0 bridgehead atoms. The van der Waals surface area contributed by atoms with Gasteiger partial charge in [-0.3, -0.25) is 0 Å². The number of thiophene rings is 2. The summed E-state index contributed by atoms with van der Waals surface area (Å²) in [4.78, 5) is 2.83. The van der Waals surface area contributed by atoms with Gasteiger partial charge in [0.15, 0.2) is 0 Å². The SMILES string of the molecule is NC1CCC(NC(c2cccs2)c2cccs2)CC1. The molecule has 1 aliphatic carbocycles. The summed E-state index contributed by atoms with van der Waals surface area (Å²) in [7, 11) is 0. The lowest BCUT2D eigenvalue weighted by molar-refractivity contribution is 0.330. The van der Waals surface area contributed by atoms with Crippen LogP contribution >= 0.6 is 22.7 Å². The second kappa shape index (κ2) is 6.18. The van der Waals surface area contributed by atoms with Crippen molar-refractivity contribution in [2.75, 3.05) is 0 Å². The van der Waals surface area contributed by atoms with Gasteiger partial charge >= 0.3 is 0 Å². The van der Waals surface area contributed by atoms with Crippen LogP contribution in [0.15, 0.2) is 35.0 Å². The van der Waals surface area contributed by atoms with Gasteiger partial charge in [0.1, 0.15) is 0 Å². The molecule has 1 saturated carbocycles. The van der Waals surface area contributed by atoms with Crippen LogP contribution in [0.5, 0.6) is 0 Å². The Morgan fingerprint density at radius 2 is 1.58 bits per heavy atom. The minimum absolute atomic E-state index is 0.360. The van der Waals surface area contributed by atoms with E-state index < -0.39 is 0 Å². The van der Waals surface area contributed by atoms with Gasteiger partial charge in [0.2, 0.25) is 0 Å². The number of hydrogen-bond acceptors (Lipinski definition) is 4. The third-order valence-electron chi connectivity index (χ3n) is 3.83. The van der Waals surface area contributed by atoms with Gasteiger partial charge in [0.25, 0.3) is 0 Å². The molecule has 4 heteroatoms. The zero-order valence-electron chi connectivity index (χ0n) is 10.9. The molecular formula is C15H20N2S2. The van der Waals surface area contributed by atoms with Crippen molar-refractivity contribution in [3.05, 3.63) is 44.8 Å². The molecular weight excluding hydrogens is 272 g/mol. The van der Waals surface area contributed by atoms with Crippen LogP contribution in [-0.4, -0.2) is 12.1 Å². The van der Waals surface area contributed by atoms with Crippen molar-refractivity contribution in [1.82, 2.24) is 5.32 Å². The van der Waals surface area contributed by atoms with Crippen molar-refractivity contribution in [3.8, 4) is 0 Å². The highest BCUT2D eigenvalue weighted by molar-refractivity contribution is 7.11. The Labute approximate surface area is 122 Å². The Bertz CT molecular complexity index is 436. The average Bonchev–Trinajstić information content (AvgIpc) is 3.11. The second-order valence-corrected chi connectivity index (χ2v) is 7.20. The lowest BCUT2D eigenvalue weighted by atomic mass is 9.91. The van der Waals surface area contributed by atoms with Crippen LogP contribution in [0.3, 0.4) is 0 Å². The van der Waals surface area contributed by atoms with Crippen LogP contribution in [0, 0.1) is 0 Å². The van der Waals surface area contributed by atoms with Gasteiger partial charge in [-0.2, -0.15) is 0 Å². The molecule has 1 fully saturated rings. The van der Waals surface area contributed by atoms with E-state index in [0.29, 0.717) is 18.1 Å². The van der Waals surface area contributed by atoms with E-state index in [2.05, 4.69) is 40.3 Å². The van der Waals surface area contributed by atoms with Crippen LogP contribution in [0.2, 0.25) is 0 Å². The number of rotatable bonds is 4. The van der Waals surface area contributed by atoms with Gasteiger partial charge in [-0.15, -0.1) is 22.7 Å². The number of hydrogen-bond donors (Lipinski definition) is 2. The van der Waals surface area contributed by atoms with Crippen molar-refractivity contribution in [2.45, 2.75) is 43.8 Å². The molecule has 0 aromatic carbocycles. The molecule has 0 radical (unpaired) electrons. The molecule has 0 saturated heterocycles. The first-order valence-electron chi connectivity index (χ1n) is 6.91. The first-order chi connectivity index (χ1) is 9.33. The summed E-state index contributed by atoms with van der Waals surface area (Å²) in [5.41, 5.74) is 5.99. The normalized spacial score (nSPS) is 23.9. The van der Waals surface area contributed by atoms with Gasteiger partial charge < -0.3 is 11.1 Å². The van der Waals surface area contributed by atoms with Crippen molar-refractivity contribution in [2.24, 2.45) is 5.73 Å². The van der Waals surface area contributed by atoms with E-state index in [-0.39, 0.29) is 0 Å². The van der Waals surface area contributed by atoms with Crippen LogP contribution in [-0.2, 0) is 0 Å². The number of nitrogens with one attached hydrogen (secondary N) is 1. The molecule has 0 atom stereocenters. The molecule has 0 amide bonds. The van der Waals surface area contributed by atoms with E-state index >= 15 is 0 Å². The summed E-state index contributed by atoms with van der Waals surface area (Å²) in [6, 6.07) is 10.1. The first-order valence-corrected chi connectivity index (χ1v) is 8.67. The monoisotopic (exact) mass is 292 g/mol. The van der Waals surface area contributed by atoms with E-state index in [0.717, 1.165) is 12.8 Å². The highest BCUT2D eigenvalue weighted by atomic mass is 32.1. The predicted molar refractivity (Wildman–Crippen MR) is 83.8 cm³/mol. The minimum atomic E-state index is 0.360. The maximum atomic E-state index is 5.99. The fourth-order valence-electron chi connectivity index (χ4n) is 2.74. The maximum absolute atomic E-state index is 5.99. The minimum Gasteiger partial charge on any atom is -0.328 e. The fourth-order valence-corrected chi connectivity index (χ4v) is 4.42. The Kier molecular flexibility index (Phi) is 4.33. The lowest BCUT2D eigenvalue weighted by Crippen LogP contribution is -2.39. The van der Waals surface area contributed by atoms with Gasteiger partial charge in [0.05, 0.1) is 6.04 Å². The molecule has 19 heavy (non-hydrogen) atoms. The van der Waals surface area contributed by atoms with Crippen LogP contribution in [0.1, 0.15) is 41.5 Å². The summed E-state index contributed by atoms with van der Waals surface area (Å²) in [5.74, 6) is 0. The molecule has 3 rings (SSSR count). The maximum Gasteiger partial charge on any atom is 0.0766 e. The summed E-state index contributed by atoms with van der Waals surface area (Å²) >= 11 is 3.68. The zero-order chi connectivity index (χ0) is 13.1. The predicted octanol–water partition coefficient (Wildman–Crippen LogP) is 3.76. The van der Waals surface area contributed by atoms with Gasteiger partial charge in [-0.25, -0.2) is 0 Å². The molecule has 2 aromatic heterocycles. The second-order valence-electron chi connectivity index (χ2n) is 5.24. The van der Waals surface area contributed by atoms with E-state index in [1.807, 2.05) is 22.7 Å². The summed E-state index contributed by atoms with van der Waals surface area (Å²) in [6.07, 6.45) is 4.71. The van der Waals surface area contributed by atoms with E-state index in [4.69, 9.17) is 5.73 Å². The van der Waals surface area contributed by atoms with E-state index in [1.54, 1.807) is 0 Å². The van der Waals surface area contributed by atoms with Crippen LogP contribution < -0.4 is 11.1 Å². The Hall–Kier alpha value is -0.680. The quantitative estimate of drug-likeness (QED) is 0.900. The van der Waals surface area contributed by atoms with Gasteiger partial charge in [-0.1, -0.05) is 12.1 Å². The lowest BCUT2D eigenvalue weighted by Gasteiger charge is -2.30. The van der Waals surface area contributed by atoms with Crippen molar-refractivity contribution >= 4 is 22.7 Å². The topological polar surface area (TPSA) is 38.0 Å². The van der Waals surface area contributed by atoms with E-state index in [1.165, 1.54) is 22.6 Å². The molecule has 1 aliphatic rings. The number of nitrogens with two attached hydrogens (primary N) is 1. The van der Waals surface area contributed by atoms with Gasteiger partial charge in [0, 0.05) is 21.8 Å². The molecule has 0 unspecified atom stereocenters. The zero-order valence-corrected chi connectivity index (χ0v) is 12.6. The molecule has 0 spiro atoms. The Balaban J connectivity index is 1.73. The third kappa shape index (κ3) is 3.26. The highest BCUT2D eigenvalue weighted by Gasteiger charge is 2.24. The molecule has 2 aromatic rings. The Morgan fingerprint density at radius 1 is 1.00 bits per heavy atom. The highest BCUT2D eigenvalue weighted by Crippen LogP contribution is 2.31. The van der Waals surface area contributed by atoms with Crippen molar-refractivity contribution < 1.29 is 0 Å². The molecule has 0 aliphatic heterocycles. The fraction of sp³-hybridized carbons (Fsp3) is 0.467. The van der Waals surface area contributed by atoms with Crippen LogP contribution in [0.25, 0.3) is 0 Å². The molecule has 102 valence electrons. The summed E-state index contributed by atoms with van der Waals surface area (Å²) in [5, 5.41) is 8.17. The molecule has 2 heterocycles.